The number of rotatable bonds is 18. The Labute approximate surface area is 167 Å². The van der Waals surface area contributed by atoms with E-state index in [1.807, 2.05) is 0 Å². The molecule has 0 amide bonds. The van der Waals surface area contributed by atoms with Gasteiger partial charge in [-0.15, -0.1) is 11.8 Å². The molecule has 0 saturated carbocycles. The van der Waals surface area contributed by atoms with Gasteiger partial charge in [-0.3, -0.25) is 0 Å². The fourth-order valence-electron chi connectivity index (χ4n) is 3.84. The molecule has 0 aliphatic rings. The SMILES string of the molecule is CCCCCCCC#CCC(CCCCCCCCCCC)CC(C)C. The summed E-state index contributed by atoms with van der Waals surface area (Å²) >= 11 is 0. The van der Waals surface area contributed by atoms with Crippen molar-refractivity contribution >= 4 is 0 Å². The summed E-state index contributed by atoms with van der Waals surface area (Å²) in [5, 5.41) is 0. The van der Waals surface area contributed by atoms with Crippen molar-refractivity contribution in [3.63, 3.8) is 0 Å². The van der Waals surface area contributed by atoms with Crippen molar-refractivity contribution in [2.75, 3.05) is 0 Å². The molecule has 154 valence electrons. The first-order chi connectivity index (χ1) is 12.7. The summed E-state index contributed by atoms with van der Waals surface area (Å²) in [6.07, 6.45) is 24.7. The molecule has 0 N–H and O–H groups in total. The molecule has 0 aromatic carbocycles. The maximum atomic E-state index is 3.51. The topological polar surface area (TPSA) is 0 Å². The van der Waals surface area contributed by atoms with Gasteiger partial charge in [-0.25, -0.2) is 0 Å². The average molecular weight is 363 g/mol. The van der Waals surface area contributed by atoms with Crippen LogP contribution in [-0.4, -0.2) is 0 Å². The highest BCUT2D eigenvalue weighted by molar-refractivity contribution is 5.00. The fraction of sp³-hybridized carbons (Fsp3) is 0.923. The highest BCUT2D eigenvalue weighted by atomic mass is 14.1. The summed E-state index contributed by atoms with van der Waals surface area (Å²) in [4.78, 5) is 0. The minimum Gasteiger partial charge on any atom is -0.103 e. The number of hydrogen-bond acceptors (Lipinski definition) is 0. The first kappa shape index (κ1) is 25.6. The van der Waals surface area contributed by atoms with Gasteiger partial charge in [0.25, 0.3) is 0 Å². The van der Waals surface area contributed by atoms with Crippen LogP contribution in [0.5, 0.6) is 0 Å². The predicted octanol–water partition coefficient (Wildman–Crippen LogP) is 9.32. The van der Waals surface area contributed by atoms with E-state index in [9.17, 15) is 0 Å². The molecular formula is C26H50. The van der Waals surface area contributed by atoms with Gasteiger partial charge in [0.2, 0.25) is 0 Å². The van der Waals surface area contributed by atoms with E-state index in [-0.39, 0.29) is 0 Å². The van der Waals surface area contributed by atoms with E-state index in [2.05, 4.69) is 39.5 Å². The third-order valence-corrected chi connectivity index (χ3v) is 5.44. The van der Waals surface area contributed by atoms with Crippen LogP contribution in [0.25, 0.3) is 0 Å². The third-order valence-electron chi connectivity index (χ3n) is 5.44. The number of hydrogen-bond donors (Lipinski definition) is 0. The van der Waals surface area contributed by atoms with Crippen LogP contribution in [0.1, 0.15) is 143 Å². The van der Waals surface area contributed by atoms with Crippen molar-refractivity contribution in [2.45, 2.75) is 143 Å². The molecule has 26 heavy (non-hydrogen) atoms. The Morgan fingerprint density at radius 1 is 0.577 bits per heavy atom. The Balaban J connectivity index is 3.72. The first-order valence-corrected chi connectivity index (χ1v) is 12.2. The summed E-state index contributed by atoms with van der Waals surface area (Å²) in [7, 11) is 0. The Kier molecular flexibility index (Phi) is 20.5. The predicted molar refractivity (Wildman–Crippen MR) is 121 cm³/mol. The second-order valence-corrected chi connectivity index (χ2v) is 8.83. The van der Waals surface area contributed by atoms with Crippen LogP contribution in [0.3, 0.4) is 0 Å². The zero-order chi connectivity index (χ0) is 19.3. The molecule has 1 atom stereocenters. The first-order valence-electron chi connectivity index (χ1n) is 12.2. The normalized spacial score (nSPS) is 12.2. The van der Waals surface area contributed by atoms with Crippen LogP contribution in [0.2, 0.25) is 0 Å². The van der Waals surface area contributed by atoms with Gasteiger partial charge in [-0.05, 0) is 31.1 Å². The smallest absolute Gasteiger partial charge is 0.0117 e. The van der Waals surface area contributed by atoms with E-state index in [1.165, 1.54) is 103 Å². The van der Waals surface area contributed by atoms with Gasteiger partial charge in [0.15, 0.2) is 0 Å². The van der Waals surface area contributed by atoms with Crippen molar-refractivity contribution in [1.29, 1.82) is 0 Å². The fourth-order valence-corrected chi connectivity index (χ4v) is 3.84. The lowest BCUT2D eigenvalue weighted by atomic mass is 9.89. The molecule has 0 saturated heterocycles. The molecule has 0 aliphatic heterocycles. The van der Waals surface area contributed by atoms with E-state index < -0.39 is 0 Å². The van der Waals surface area contributed by atoms with Crippen LogP contribution >= 0.6 is 0 Å². The van der Waals surface area contributed by atoms with E-state index >= 15 is 0 Å². The monoisotopic (exact) mass is 362 g/mol. The summed E-state index contributed by atoms with van der Waals surface area (Å²) < 4.78 is 0. The van der Waals surface area contributed by atoms with E-state index in [4.69, 9.17) is 0 Å². The molecule has 0 aromatic heterocycles. The minimum absolute atomic E-state index is 0.814. The molecule has 0 bridgehead atoms. The van der Waals surface area contributed by atoms with Crippen molar-refractivity contribution in [3.05, 3.63) is 0 Å². The molecule has 0 rings (SSSR count). The van der Waals surface area contributed by atoms with E-state index in [0.29, 0.717) is 0 Å². The average Bonchev–Trinajstić information content (AvgIpc) is 2.61. The zero-order valence-electron chi connectivity index (χ0n) is 18.9. The molecule has 0 radical (unpaired) electrons. The van der Waals surface area contributed by atoms with E-state index in [0.717, 1.165) is 24.7 Å². The molecule has 1 unspecified atom stereocenters. The Bertz CT molecular complexity index is 317. The summed E-state index contributed by atoms with van der Waals surface area (Å²) in [6, 6.07) is 0. The zero-order valence-corrected chi connectivity index (χ0v) is 18.9. The maximum Gasteiger partial charge on any atom is 0.0117 e. The van der Waals surface area contributed by atoms with Crippen LogP contribution in [-0.2, 0) is 0 Å². The lowest BCUT2D eigenvalue weighted by molar-refractivity contribution is 0.377. The molecule has 0 nitrogen and oxygen atoms in total. The largest absolute Gasteiger partial charge is 0.103 e. The van der Waals surface area contributed by atoms with Crippen LogP contribution < -0.4 is 0 Å². The quantitative estimate of drug-likeness (QED) is 0.168. The molecule has 0 spiro atoms. The molecule has 0 heterocycles. The molecule has 0 aromatic rings. The van der Waals surface area contributed by atoms with Crippen LogP contribution in [0.4, 0.5) is 0 Å². The molecular weight excluding hydrogens is 312 g/mol. The van der Waals surface area contributed by atoms with Crippen molar-refractivity contribution in [1.82, 2.24) is 0 Å². The van der Waals surface area contributed by atoms with Gasteiger partial charge in [0.1, 0.15) is 0 Å². The summed E-state index contributed by atoms with van der Waals surface area (Å²) in [5.41, 5.74) is 0. The van der Waals surface area contributed by atoms with Crippen molar-refractivity contribution in [2.24, 2.45) is 11.8 Å². The lowest BCUT2D eigenvalue weighted by Gasteiger charge is -2.16. The summed E-state index contributed by atoms with van der Waals surface area (Å²) in [6.45, 7) is 9.31. The van der Waals surface area contributed by atoms with Gasteiger partial charge in [-0.2, -0.15) is 0 Å². The van der Waals surface area contributed by atoms with Gasteiger partial charge in [0, 0.05) is 12.8 Å². The second-order valence-electron chi connectivity index (χ2n) is 8.83. The highest BCUT2D eigenvalue weighted by Crippen LogP contribution is 2.22. The second kappa shape index (κ2) is 20.9. The van der Waals surface area contributed by atoms with Gasteiger partial charge in [0.05, 0.1) is 0 Å². The standard InChI is InChI=1S/C26H50/c1-5-7-9-11-13-15-17-19-21-23-26(24-25(3)4)22-20-18-16-14-12-10-8-6-2/h25-26H,5-17,19,21-24H2,1-4H3. The lowest BCUT2D eigenvalue weighted by Crippen LogP contribution is -2.04. The van der Waals surface area contributed by atoms with Crippen molar-refractivity contribution in [3.8, 4) is 11.8 Å². The van der Waals surface area contributed by atoms with Gasteiger partial charge in [-0.1, -0.05) is 111 Å². The van der Waals surface area contributed by atoms with Crippen LogP contribution in [0, 0.1) is 23.7 Å². The molecule has 0 heteroatoms. The number of unbranched alkanes of at least 4 members (excludes halogenated alkanes) is 13. The Morgan fingerprint density at radius 2 is 1.08 bits per heavy atom. The molecule has 0 aliphatic carbocycles. The Morgan fingerprint density at radius 3 is 1.62 bits per heavy atom. The third kappa shape index (κ3) is 19.9. The van der Waals surface area contributed by atoms with Crippen molar-refractivity contribution < 1.29 is 0 Å². The molecule has 0 fully saturated rings. The minimum atomic E-state index is 0.814. The Hall–Kier alpha value is -0.440. The van der Waals surface area contributed by atoms with E-state index in [1.54, 1.807) is 0 Å². The summed E-state index contributed by atoms with van der Waals surface area (Å²) in [5.74, 6) is 8.62. The highest BCUT2D eigenvalue weighted by Gasteiger charge is 2.09. The maximum absolute atomic E-state index is 3.51. The van der Waals surface area contributed by atoms with Crippen LogP contribution in [0.15, 0.2) is 0 Å². The van der Waals surface area contributed by atoms with Gasteiger partial charge < -0.3 is 0 Å². The van der Waals surface area contributed by atoms with Gasteiger partial charge >= 0.3 is 0 Å².